The topological polar surface area (TPSA) is 30.8 Å². The number of aryl methyl sites for hydroxylation is 1. The second-order valence-corrected chi connectivity index (χ2v) is 7.04. The molecule has 1 unspecified atom stereocenters. The molecule has 136 valence electrons. The molecule has 1 atom stereocenters. The molecule has 3 nitrogen and oxygen atoms in total. The molecule has 1 aliphatic heterocycles. The van der Waals surface area contributed by atoms with Crippen LogP contribution < -0.4 is 4.74 Å². The maximum atomic E-state index is 6.02. The van der Waals surface area contributed by atoms with Crippen molar-refractivity contribution in [1.82, 2.24) is 0 Å². The molecule has 1 heterocycles. The minimum Gasteiger partial charge on any atom is -0.452 e. The predicted molar refractivity (Wildman–Crippen MR) is 108 cm³/mol. The van der Waals surface area contributed by atoms with Crippen molar-refractivity contribution < 1.29 is 9.57 Å². The molecule has 3 aromatic rings. The zero-order valence-corrected chi connectivity index (χ0v) is 15.8. The van der Waals surface area contributed by atoms with Gasteiger partial charge in [0.1, 0.15) is 5.75 Å². The summed E-state index contributed by atoms with van der Waals surface area (Å²) < 4.78 is 6.02. The van der Waals surface area contributed by atoms with Gasteiger partial charge in [-0.05, 0) is 41.8 Å². The van der Waals surface area contributed by atoms with Gasteiger partial charge in [0.05, 0.1) is 18.1 Å². The van der Waals surface area contributed by atoms with Gasteiger partial charge < -0.3 is 9.57 Å². The van der Waals surface area contributed by atoms with Gasteiger partial charge in [-0.15, -0.1) is 0 Å². The summed E-state index contributed by atoms with van der Waals surface area (Å²) in [4.78, 5) is 5.61. The highest BCUT2D eigenvalue weighted by Crippen LogP contribution is 2.32. The van der Waals surface area contributed by atoms with Crippen LogP contribution in [0, 0.1) is 6.92 Å². The Morgan fingerprint density at radius 2 is 1.59 bits per heavy atom. The first kappa shape index (κ1) is 17.6. The number of hydrogen-bond donors (Lipinski definition) is 0. The summed E-state index contributed by atoms with van der Waals surface area (Å²) in [5, 5.41) is 5.07. The molecule has 0 N–H and O–H groups in total. The van der Waals surface area contributed by atoms with Crippen molar-refractivity contribution in [3.63, 3.8) is 0 Å². The molecule has 0 saturated heterocycles. The molecule has 0 radical (unpaired) electrons. The second-order valence-electron chi connectivity index (χ2n) is 6.60. The van der Waals surface area contributed by atoms with Crippen LogP contribution in [-0.4, -0.2) is 12.0 Å². The second kappa shape index (κ2) is 7.85. The molecule has 4 heteroatoms. The molecule has 0 aliphatic carbocycles. The first-order valence-electron chi connectivity index (χ1n) is 8.96. The Morgan fingerprint density at radius 1 is 0.963 bits per heavy atom. The normalized spacial score (nSPS) is 16.1. The van der Waals surface area contributed by atoms with Crippen molar-refractivity contribution in [3.05, 3.63) is 101 Å². The smallest absolute Gasteiger partial charge is 0.270 e. The molecular weight excluding hydrogens is 358 g/mol. The van der Waals surface area contributed by atoms with E-state index in [2.05, 4.69) is 29.4 Å². The summed E-state index contributed by atoms with van der Waals surface area (Å²) >= 11 is 6.02. The molecule has 0 bridgehead atoms. The van der Waals surface area contributed by atoms with Crippen LogP contribution >= 0.6 is 11.6 Å². The third-order valence-electron chi connectivity index (χ3n) is 4.66. The van der Waals surface area contributed by atoms with Gasteiger partial charge in [-0.3, -0.25) is 0 Å². The van der Waals surface area contributed by atoms with E-state index < -0.39 is 6.29 Å². The Balaban J connectivity index is 1.56. The van der Waals surface area contributed by atoms with Crippen LogP contribution in [0.3, 0.4) is 0 Å². The Morgan fingerprint density at radius 3 is 2.19 bits per heavy atom. The van der Waals surface area contributed by atoms with E-state index in [1.807, 2.05) is 61.5 Å². The first-order valence-corrected chi connectivity index (χ1v) is 9.34. The van der Waals surface area contributed by atoms with Gasteiger partial charge in [0.25, 0.3) is 6.29 Å². The monoisotopic (exact) mass is 377 g/mol. The van der Waals surface area contributed by atoms with Gasteiger partial charge in [0, 0.05) is 5.02 Å². The van der Waals surface area contributed by atoms with Crippen LogP contribution in [0.5, 0.6) is 5.75 Å². The van der Waals surface area contributed by atoms with Crippen LogP contribution in [0.4, 0.5) is 0 Å². The van der Waals surface area contributed by atoms with Crippen molar-refractivity contribution >= 4 is 17.3 Å². The number of halogens is 1. The average molecular weight is 378 g/mol. The Bertz CT molecular complexity index is 902. The molecule has 0 saturated carbocycles. The van der Waals surface area contributed by atoms with Gasteiger partial charge in [-0.25, -0.2) is 0 Å². The van der Waals surface area contributed by atoms with E-state index in [0.29, 0.717) is 11.4 Å². The largest absolute Gasteiger partial charge is 0.452 e. The molecule has 3 aromatic carbocycles. The van der Waals surface area contributed by atoms with E-state index in [-0.39, 0.29) is 5.92 Å². The molecule has 0 spiro atoms. The predicted octanol–water partition coefficient (Wildman–Crippen LogP) is 5.96. The third-order valence-corrected chi connectivity index (χ3v) is 4.89. The van der Waals surface area contributed by atoms with Crippen LogP contribution in [0.25, 0.3) is 0 Å². The van der Waals surface area contributed by atoms with Crippen molar-refractivity contribution in [1.29, 1.82) is 0 Å². The summed E-state index contributed by atoms with van der Waals surface area (Å²) in [6, 6.07) is 26.3. The Labute approximate surface area is 164 Å². The highest BCUT2D eigenvalue weighted by atomic mass is 35.5. The number of ether oxygens (including phenoxy) is 1. The maximum absolute atomic E-state index is 6.02. The van der Waals surface area contributed by atoms with Gasteiger partial charge in [0.15, 0.2) is 0 Å². The van der Waals surface area contributed by atoms with E-state index >= 15 is 0 Å². The summed E-state index contributed by atoms with van der Waals surface area (Å²) in [6.45, 7) is 1.97. The van der Waals surface area contributed by atoms with Crippen LogP contribution in [0.15, 0.2) is 84.0 Å². The Hall–Kier alpha value is -2.78. The quantitative estimate of drug-likeness (QED) is 0.549. The summed E-state index contributed by atoms with van der Waals surface area (Å²) in [6.07, 6.45) is 0.172. The lowest BCUT2D eigenvalue weighted by Gasteiger charge is -2.18. The number of hydrogen-bond acceptors (Lipinski definition) is 3. The Kier molecular flexibility index (Phi) is 5.12. The van der Waals surface area contributed by atoms with Crippen molar-refractivity contribution in [3.8, 4) is 5.75 Å². The highest BCUT2D eigenvalue weighted by molar-refractivity contribution is 6.30. The zero-order valence-electron chi connectivity index (χ0n) is 15.0. The first-order chi connectivity index (χ1) is 13.2. The minimum absolute atomic E-state index is 0.0484. The molecule has 27 heavy (non-hydrogen) atoms. The van der Waals surface area contributed by atoms with Crippen molar-refractivity contribution in [2.24, 2.45) is 5.16 Å². The number of oxime groups is 1. The highest BCUT2D eigenvalue weighted by Gasteiger charge is 2.30. The SMILES string of the molecule is Cc1cc(Cl)ccc1OC1CC(C(c2ccccc2)c2ccccc2)=NO1. The molecule has 0 amide bonds. The maximum Gasteiger partial charge on any atom is 0.270 e. The fourth-order valence-electron chi connectivity index (χ4n) is 3.36. The van der Waals surface area contributed by atoms with Crippen molar-refractivity contribution in [2.45, 2.75) is 25.6 Å². The summed E-state index contributed by atoms with van der Waals surface area (Å²) in [7, 11) is 0. The fourth-order valence-corrected chi connectivity index (χ4v) is 3.59. The van der Waals surface area contributed by atoms with Gasteiger partial charge in [0.2, 0.25) is 0 Å². The van der Waals surface area contributed by atoms with Gasteiger partial charge in [-0.2, -0.15) is 0 Å². The van der Waals surface area contributed by atoms with E-state index in [0.717, 1.165) is 17.0 Å². The fraction of sp³-hybridized carbons (Fsp3) is 0.174. The zero-order chi connectivity index (χ0) is 18.6. The number of nitrogens with zero attached hydrogens (tertiary/aromatic N) is 1. The summed E-state index contributed by atoms with van der Waals surface area (Å²) in [5.74, 6) is 0.809. The lowest BCUT2D eigenvalue weighted by Crippen LogP contribution is -2.20. The molecule has 0 fully saturated rings. The lowest BCUT2D eigenvalue weighted by atomic mass is 9.86. The average Bonchev–Trinajstić information content (AvgIpc) is 3.14. The molecule has 4 rings (SSSR count). The van der Waals surface area contributed by atoms with Crippen LogP contribution in [0.1, 0.15) is 29.0 Å². The van der Waals surface area contributed by atoms with Crippen molar-refractivity contribution in [2.75, 3.05) is 0 Å². The minimum atomic E-state index is -0.435. The van der Waals surface area contributed by atoms with E-state index in [9.17, 15) is 0 Å². The standard InChI is InChI=1S/C23H20ClNO2/c1-16-14-19(24)12-13-21(16)26-22-15-20(25-27-22)23(17-8-4-2-5-9-17)18-10-6-3-7-11-18/h2-14,22-23H,15H2,1H3. The number of rotatable bonds is 5. The molecular formula is C23H20ClNO2. The van der Waals surface area contributed by atoms with E-state index in [1.165, 1.54) is 11.1 Å². The molecule has 1 aliphatic rings. The van der Waals surface area contributed by atoms with Gasteiger partial charge in [-0.1, -0.05) is 77.4 Å². The van der Waals surface area contributed by atoms with Crippen LogP contribution in [-0.2, 0) is 4.84 Å². The third kappa shape index (κ3) is 3.99. The summed E-state index contributed by atoms with van der Waals surface area (Å²) in [5.41, 5.74) is 4.31. The molecule has 0 aromatic heterocycles. The van der Waals surface area contributed by atoms with Crippen LogP contribution in [0.2, 0.25) is 5.02 Å². The lowest BCUT2D eigenvalue weighted by molar-refractivity contribution is -0.0574. The van der Waals surface area contributed by atoms with E-state index in [4.69, 9.17) is 21.2 Å². The van der Waals surface area contributed by atoms with E-state index in [1.54, 1.807) is 0 Å². The van der Waals surface area contributed by atoms with Gasteiger partial charge >= 0.3 is 0 Å². The number of benzene rings is 3.